The van der Waals surface area contributed by atoms with Crippen LogP contribution in [-0.2, 0) is 9.59 Å². The van der Waals surface area contributed by atoms with E-state index in [1.165, 1.54) is 16.7 Å². The van der Waals surface area contributed by atoms with Gasteiger partial charge in [-0.15, -0.1) is 0 Å². The number of aryl methyl sites for hydroxylation is 1. The standard InChI is InChI=1S/C17H25NO.C15H21NO/c1-5-17(3,4)16(19)18-11-7-10-15(18)14-9-6-8-13(2)12-14;1-4-15(2,3)14(17)16-11-10-13(16)12-8-6-5-7-9-12/h6,8-9,12,15H,5,7,10-11H2,1-4H3;5-9,13H,4,10-11H2,1-3H3/t;13-/m.0/s1. The molecule has 4 heteroatoms. The lowest BCUT2D eigenvalue weighted by molar-refractivity contribution is -0.149. The molecule has 2 aliphatic heterocycles. The van der Waals surface area contributed by atoms with E-state index in [1.54, 1.807) is 0 Å². The third-order valence-corrected chi connectivity index (χ3v) is 8.33. The molecule has 0 spiro atoms. The topological polar surface area (TPSA) is 40.6 Å². The molecule has 36 heavy (non-hydrogen) atoms. The molecule has 4 nitrogen and oxygen atoms in total. The van der Waals surface area contributed by atoms with Crippen LogP contribution in [0.15, 0.2) is 54.6 Å². The molecule has 2 aromatic rings. The molecule has 0 bridgehead atoms. The lowest BCUT2D eigenvalue weighted by atomic mass is 9.84. The van der Waals surface area contributed by atoms with Gasteiger partial charge in [-0.2, -0.15) is 0 Å². The van der Waals surface area contributed by atoms with Crippen LogP contribution < -0.4 is 0 Å². The first-order valence-electron chi connectivity index (χ1n) is 13.8. The molecule has 4 rings (SSSR count). The van der Waals surface area contributed by atoms with Crippen molar-refractivity contribution in [1.29, 1.82) is 0 Å². The predicted molar refractivity (Wildman–Crippen MR) is 149 cm³/mol. The third kappa shape index (κ3) is 6.19. The van der Waals surface area contributed by atoms with Crippen molar-refractivity contribution in [3.8, 4) is 0 Å². The summed E-state index contributed by atoms with van der Waals surface area (Å²) < 4.78 is 0. The molecule has 0 radical (unpaired) electrons. The number of amides is 2. The summed E-state index contributed by atoms with van der Waals surface area (Å²) in [4.78, 5) is 29.2. The van der Waals surface area contributed by atoms with Crippen molar-refractivity contribution in [2.45, 2.75) is 92.7 Å². The lowest BCUT2D eigenvalue weighted by Crippen LogP contribution is -2.50. The van der Waals surface area contributed by atoms with E-state index in [9.17, 15) is 9.59 Å². The van der Waals surface area contributed by atoms with Crippen molar-refractivity contribution in [1.82, 2.24) is 9.80 Å². The molecule has 2 amide bonds. The fourth-order valence-electron chi connectivity index (χ4n) is 4.97. The van der Waals surface area contributed by atoms with Gasteiger partial charge in [-0.05, 0) is 50.2 Å². The number of rotatable bonds is 6. The van der Waals surface area contributed by atoms with E-state index in [0.717, 1.165) is 45.2 Å². The zero-order valence-electron chi connectivity index (χ0n) is 23.5. The minimum absolute atomic E-state index is 0.229. The first-order chi connectivity index (χ1) is 17.0. The van der Waals surface area contributed by atoms with Crippen LogP contribution in [0, 0.1) is 17.8 Å². The summed E-state index contributed by atoms with van der Waals surface area (Å²) in [5.41, 5.74) is 3.35. The SMILES string of the molecule is CCC(C)(C)C(=O)N1CCCC1c1cccc(C)c1.CCC(C)(C)C(=O)N1CC[C@H]1c1ccccc1. The third-order valence-electron chi connectivity index (χ3n) is 8.33. The fraction of sp³-hybridized carbons (Fsp3) is 0.562. The first kappa shape index (κ1) is 28.0. The molecule has 2 fully saturated rings. The summed E-state index contributed by atoms with van der Waals surface area (Å²) >= 11 is 0. The van der Waals surface area contributed by atoms with Gasteiger partial charge in [-0.3, -0.25) is 9.59 Å². The average molecular weight is 491 g/mol. The van der Waals surface area contributed by atoms with Crippen LogP contribution in [0.1, 0.15) is 102 Å². The second kappa shape index (κ2) is 11.6. The molecule has 2 aliphatic rings. The Morgan fingerprint density at radius 3 is 1.78 bits per heavy atom. The van der Waals surface area contributed by atoms with Crippen molar-refractivity contribution in [2.24, 2.45) is 10.8 Å². The van der Waals surface area contributed by atoms with E-state index in [2.05, 4.69) is 75.9 Å². The van der Waals surface area contributed by atoms with Gasteiger partial charge in [-0.1, -0.05) is 102 Å². The maximum absolute atomic E-state index is 12.7. The molecule has 196 valence electrons. The number of carbonyl (C=O) groups is 2. The molecule has 0 N–H and O–H groups in total. The van der Waals surface area contributed by atoms with Gasteiger partial charge in [0.2, 0.25) is 11.8 Å². The number of nitrogens with zero attached hydrogens (tertiary/aromatic N) is 2. The highest BCUT2D eigenvalue weighted by atomic mass is 16.2. The van der Waals surface area contributed by atoms with Crippen LogP contribution in [0.25, 0.3) is 0 Å². The summed E-state index contributed by atoms with van der Waals surface area (Å²) in [6.45, 7) is 16.3. The van der Waals surface area contributed by atoms with Crippen molar-refractivity contribution in [2.75, 3.05) is 13.1 Å². The monoisotopic (exact) mass is 490 g/mol. The number of hydrogen-bond acceptors (Lipinski definition) is 2. The summed E-state index contributed by atoms with van der Waals surface area (Å²) in [6.07, 6.45) is 5.08. The van der Waals surface area contributed by atoms with E-state index in [-0.39, 0.29) is 16.9 Å². The maximum Gasteiger partial charge on any atom is 0.228 e. The second-order valence-electron chi connectivity index (χ2n) is 11.8. The maximum atomic E-state index is 12.7. The lowest BCUT2D eigenvalue weighted by Gasteiger charge is -2.45. The summed E-state index contributed by atoms with van der Waals surface area (Å²) in [5.74, 6) is 0.596. The van der Waals surface area contributed by atoms with Gasteiger partial charge in [0.15, 0.2) is 0 Å². The molecular formula is C32H46N2O2. The van der Waals surface area contributed by atoms with E-state index >= 15 is 0 Å². The highest BCUT2D eigenvalue weighted by Gasteiger charge is 2.39. The molecule has 0 aliphatic carbocycles. The van der Waals surface area contributed by atoms with Crippen molar-refractivity contribution < 1.29 is 9.59 Å². The van der Waals surface area contributed by atoms with Crippen molar-refractivity contribution in [3.05, 3.63) is 71.3 Å². The zero-order chi connectivity index (χ0) is 26.5. The van der Waals surface area contributed by atoms with Crippen LogP contribution in [0.4, 0.5) is 0 Å². The van der Waals surface area contributed by atoms with Crippen molar-refractivity contribution in [3.63, 3.8) is 0 Å². The van der Waals surface area contributed by atoms with Gasteiger partial charge in [0.25, 0.3) is 0 Å². The predicted octanol–water partition coefficient (Wildman–Crippen LogP) is 7.49. The minimum atomic E-state index is -0.244. The molecule has 0 aromatic heterocycles. The molecule has 0 saturated carbocycles. The number of benzene rings is 2. The summed E-state index contributed by atoms with van der Waals surface area (Å²) in [6, 6.07) is 19.5. The van der Waals surface area contributed by atoms with E-state index in [0.29, 0.717) is 17.9 Å². The fourth-order valence-corrected chi connectivity index (χ4v) is 4.97. The van der Waals surface area contributed by atoms with E-state index in [1.807, 2.05) is 36.9 Å². The molecule has 1 unspecified atom stereocenters. The van der Waals surface area contributed by atoms with Crippen LogP contribution in [0.3, 0.4) is 0 Å². The Balaban J connectivity index is 0.000000202. The highest BCUT2D eigenvalue weighted by molar-refractivity contribution is 5.83. The Morgan fingerprint density at radius 1 is 0.750 bits per heavy atom. The first-order valence-corrected chi connectivity index (χ1v) is 13.8. The second-order valence-corrected chi connectivity index (χ2v) is 11.8. The Morgan fingerprint density at radius 2 is 1.28 bits per heavy atom. The summed E-state index contributed by atoms with van der Waals surface area (Å²) in [5, 5.41) is 0. The van der Waals surface area contributed by atoms with Crippen LogP contribution in [0.5, 0.6) is 0 Å². The van der Waals surface area contributed by atoms with Gasteiger partial charge in [0.05, 0.1) is 12.1 Å². The molecule has 2 saturated heterocycles. The van der Waals surface area contributed by atoms with Crippen LogP contribution in [-0.4, -0.2) is 34.7 Å². The summed E-state index contributed by atoms with van der Waals surface area (Å²) in [7, 11) is 0. The van der Waals surface area contributed by atoms with Gasteiger partial charge in [-0.25, -0.2) is 0 Å². The molecule has 2 aromatic carbocycles. The van der Waals surface area contributed by atoms with Gasteiger partial charge in [0, 0.05) is 23.9 Å². The van der Waals surface area contributed by atoms with Crippen LogP contribution >= 0.6 is 0 Å². The van der Waals surface area contributed by atoms with E-state index in [4.69, 9.17) is 0 Å². The smallest absolute Gasteiger partial charge is 0.228 e. The Bertz CT molecular complexity index is 1030. The molecule has 2 heterocycles. The normalized spacial score (nSPS) is 19.9. The Kier molecular flexibility index (Phi) is 9.03. The number of hydrogen-bond donors (Lipinski definition) is 0. The highest BCUT2D eigenvalue weighted by Crippen LogP contribution is 2.38. The number of likely N-dealkylation sites (tertiary alicyclic amines) is 2. The van der Waals surface area contributed by atoms with Gasteiger partial charge < -0.3 is 9.80 Å². The largest absolute Gasteiger partial charge is 0.335 e. The molecular weight excluding hydrogens is 444 g/mol. The Labute approximate surface area is 219 Å². The van der Waals surface area contributed by atoms with Gasteiger partial charge in [0.1, 0.15) is 0 Å². The zero-order valence-corrected chi connectivity index (χ0v) is 23.5. The Hall–Kier alpha value is -2.62. The quantitative estimate of drug-likeness (QED) is 0.421. The molecule has 2 atom stereocenters. The average Bonchev–Trinajstić information content (AvgIpc) is 3.34. The van der Waals surface area contributed by atoms with Crippen LogP contribution in [0.2, 0.25) is 0 Å². The minimum Gasteiger partial charge on any atom is -0.335 e. The van der Waals surface area contributed by atoms with Gasteiger partial charge >= 0.3 is 0 Å². The van der Waals surface area contributed by atoms with Crippen molar-refractivity contribution >= 4 is 11.8 Å². The number of carbonyl (C=O) groups excluding carboxylic acids is 2. The van der Waals surface area contributed by atoms with E-state index < -0.39 is 0 Å².